The van der Waals surface area contributed by atoms with Crippen LogP contribution in [-0.2, 0) is 17.1 Å². The standard InChI is InChI=1S/2C11H19P.Fe/c2*1-9(2)12(10(3)4)11-7-5-6-8-11;/h2*5-11H,1-4H3;. The third-order valence-electron chi connectivity index (χ3n) is 4.53. The SMILES string of the molecule is CC(C)P(C(C)C)C1C=CC=C1.CC(C)P(C(C)C)C1C=CC=C1.[Fe]. The summed E-state index contributed by atoms with van der Waals surface area (Å²) >= 11 is 0. The summed E-state index contributed by atoms with van der Waals surface area (Å²) in [5.41, 5.74) is 4.88. The first kappa shape index (κ1) is 25.3. The van der Waals surface area contributed by atoms with Crippen molar-refractivity contribution in [1.82, 2.24) is 0 Å². The topological polar surface area (TPSA) is 0 Å². The molecule has 0 fully saturated rings. The van der Waals surface area contributed by atoms with E-state index in [0.717, 1.165) is 34.0 Å². The maximum atomic E-state index is 2.35. The summed E-state index contributed by atoms with van der Waals surface area (Å²) in [7, 11) is 0.293. The molecular weight excluding hydrogens is 382 g/mol. The molecule has 0 bridgehead atoms. The van der Waals surface area contributed by atoms with Crippen LogP contribution in [-0.4, -0.2) is 34.0 Å². The average Bonchev–Trinajstić information content (AvgIpc) is 3.11. The van der Waals surface area contributed by atoms with Gasteiger partial charge in [-0.05, 0) is 22.6 Å². The van der Waals surface area contributed by atoms with E-state index in [1.165, 1.54) is 0 Å². The molecule has 0 aromatic carbocycles. The molecule has 25 heavy (non-hydrogen) atoms. The Morgan fingerprint density at radius 1 is 0.480 bits per heavy atom. The van der Waals surface area contributed by atoms with E-state index in [1.54, 1.807) is 0 Å². The zero-order chi connectivity index (χ0) is 18.3. The van der Waals surface area contributed by atoms with Crippen molar-refractivity contribution < 1.29 is 17.1 Å². The van der Waals surface area contributed by atoms with Gasteiger partial charge in [0, 0.05) is 28.4 Å². The fourth-order valence-electron chi connectivity index (χ4n) is 3.81. The molecule has 0 aromatic rings. The van der Waals surface area contributed by atoms with Crippen molar-refractivity contribution in [2.75, 3.05) is 0 Å². The molecule has 0 saturated carbocycles. The van der Waals surface area contributed by atoms with Crippen LogP contribution < -0.4 is 0 Å². The van der Waals surface area contributed by atoms with Gasteiger partial charge in [0.25, 0.3) is 0 Å². The van der Waals surface area contributed by atoms with Crippen molar-refractivity contribution >= 4 is 15.8 Å². The minimum atomic E-state index is 0. The van der Waals surface area contributed by atoms with E-state index in [9.17, 15) is 0 Å². The number of hydrogen-bond acceptors (Lipinski definition) is 0. The first-order valence-electron chi connectivity index (χ1n) is 9.50. The van der Waals surface area contributed by atoms with Crippen LogP contribution in [0.15, 0.2) is 48.6 Å². The van der Waals surface area contributed by atoms with Gasteiger partial charge in [0.05, 0.1) is 0 Å². The molecule has 0 amide bonds. The van der Waals surface area contributed by atoms with Gasteiger partial charge in [-0.25, -0.2) is 0 Å². The summed E-state index contributed by atoms with van der Waals surface area (Å²) in [6.07, 6.45) is 18.2. The Balaban J connectivity index is 0.000000443. The Kier molecular flexibility index (Phi) is 12.8. The third-order valence-corrected chi connectivity index (χ3v) is 11.4. The maximum Gasteiger partial charge on any atom is 0.0161 e. The Morgan fingerprint density at radius 2 is 0.680 bits per heavy atom. The largest absolute Gasteiger partial charge is 0.0904 e. The smallest absolute Gasteiger partial charge is 0.0161 e. The molecule has 0 heterocycles. The first-order valence-corrected chi connectivity index (χ1v) is 12.6. The summed E-state index contributed by atoms with van der Waals surface area (Å²) in [6, 6.07) is 0. The maximum absolute atomic E-state index is 2.35. The molecule has 0 radical (unpaired) electrons. The van der Waals surface area contributed by atoms with Crippen LogP contribution in [0.1, 0.15) is 55.4 Å². The Labute approximate surface area is 170 Å². The molecule has 2 aliphatic rings. The summed E-state index contributed by atoms with van der Waals surface area (Å²) in [5.74, 6) is 0. The van der Waals surface area contributed by atoms with Crippen LogP contribution >= 0.6 is 15.8 Å². The van der Waals surface area contributed by atoms with E-state index in [2.05, 4.69) is 104 Å². The quantitative estimate of drug-likeness (QED) is 0.307. The van der Waals surface area contributed by atoms with Gasteiger partial charge < -0.3 is 0 Å². The summed E-state index contributed by atoms with van der Waals surface area (Å²) < 4.78 is 0. The zero-order valence-electron chi connectivity index (χ0n) is 17.3. The van der Waals surface area contributed by atoms with E-state index < -0.39 is 0 Å². The van der Waals surface area contributed by atoms with Crippen LogP contribution in [0.2, 0.25) is 0 Å². The summed E-state index contributed by atoms with van der Waals surface area (Å²) in [4.78, 5) is 0. The van der Waals surface area contributed by atoms with Crippen molar-refractivity contribution in [3.8, 4) is 0 Å². The fourth-order valence-corrected chi connectivity index (χ4v) is 10.1. The van der Waals surface area contributed by atoms with Gasteiger partial charge in [0.1, 0.15) is 0 Å². The molecule has 144 valence electrons. The molecule has 2 aliphatic carbocycles. The van der Waals surface area contributed by atoms with E-state index in [1.807, 2.05) is 0 Å². The van der Waals surface area contributed by atoms with Gasteiger partial charge in [0.15, 0.2) is 0 Å². The fraction of sp³-hybridized carbons (Fsp3) is 0.636. The Hall–Kier alpha value is 0.339. The minimum Gasteiger partial charge on any atom is -0.0904 e. The van der Waals surface area contributed by atoms with Gasteiger partial charge in [-0.1, -0.05) is 120 Å². The molecule has 0 unspecified atom stereocenters. The van der Waals surface area contributed by atoms with Crippen molar-refractivity contribution in [3.63, 3.8) is 0 Å². The molecule has 0 N–H and O–H groups in total. The van der Waals surface area contributed by atoms with Crippen LogP contribution in [0.4, 0.5) is 0 Å². The molecule has 3 heteroatoms. The van der Waals surface area contributed by atoms with Gasteiger partial charge >= 0.3 is 0 Å². The Bertz CT molecular complexity index is 388. The summed E-state index contributed by atoms with van der Waals surface area (Å²) in [5, 5.41) is 0. The second-order valence-electron chi connectivity index (χ2n) is 7.79. The van der Waals surface area contributed by atoms with Crippen LogP contribution in [0.5, 0.6) is 0 Å². The predicted molar refractivity (Wildman–Crippen MR) is 119 cm³/mol. The van der Waals surface area contributed by atoms with E-state index in [-0.39, 0.29) is 32.9 Å². The van der Waals surface area contributed by atoms with E-state index >= 15 is 0 Å². The van der Waals surface area contributed by atoms with E-state index in [0.29, 0.717) is 0 Å². The van der Waals surface area contributed by atoms with E-state index in [4.69, 9.17) is 0 Å². The van der Waals surface area contributed by atoms with Gasteiger partial charge in [0.2, 0.25) is 0 Å². The van der Waals surface area contributed by atoms with Gasteiger partial charge in [-0.3, -0.25) is 0 Å². The zero-order valence-corrected chi connectivity index (χ0v) is 20.2. The Morgan fingerprint density at radius 3 is 0.840 bits per heavy atom. The molecular formula is C22H38FeP2. The molecule has 0 aromatic heterocycles. The molecule has 2 rings (SSSR count). The minimum absolute atomic E-state index is 0. The number of rotatable bonds is 6. The van der Waals surface area contributed by atoms with Crippen molar-refractivity contribution in [2.45, 2.75) is 89.3 Å². The second-order valence-corrected chi connectivity index (χ2v) is 14.9. The predicted octanol–water partition coefficient (Wildman–Crippen LogP) is 7.56. The van der Waals surface area contributed by atoms with Crippen LogP contribution in [0.25, 0.3) is 0 Å². The van der Waals surface area contributed by atoms with Crippen molar-refractivity contribution in [2.24, 2.45) is 0 Å². The van der Waals surface area contributed by atoms with Crippen molar-refractivity contribution in [3.05, 3.63) is 48.6 Å². The van der Waals surface area contributed by atoms with Crippen LogP contribution in [0, 0.1) is 0 Å². The molecule has 0 atom stereocenters. The molecule has 0 aliphatic heterocycles. The average molecular weight is 420 g/mol. The molecule has 0 spiro atoms. The summed E-state index contributed by atoms with van der Waals surface area (Å²) in [6.45, 7) is 18.8. The van der Waals surface area contributed by atoms with Crippen LogP contribution in [0.3, 0.4) is 0 Å². The number of allylic oxidation sites excluding steroid dienone is 8. The van der Waals surface area contributed by atoms with Gasteiger partial charge in [-0.2, -0.15) is 0 Å². The monoisotopic (exact) mass is 420 g/mol. The molecule has 0 nitrogen and oxygen atoms in total. The molecule has 0 saturated heterocycles. The van der Waals surface area contributed by atoms with Crippen molar-refractivity contribution in [1.29, 1.82) is 0 Å². The third kappa shape index (κ3) is 8.26. The number of hydrogen-bond donors (Lipinski definition) is 0. The van der Waals surface area contributed by atoms with Gasteiger partial charge in [-0.15, -0.1) is 0 Å². The normalized spacial score (nSPS) is 16.9. The first-order chi connectivity index (χ1) is 11.3. The second kappa shape index (κ2) is 12.7.